The number of hydrogen-bond donors (Lipinski definition) is 1. The van der Waals surface area contributed by atoms with Crippen LogP contribution in [0.1, 0.15) is 20.8 Å². The maximum atomic E-state index is 11.7. The molecule has 24 heavy (non-hydrogen) atoms. The largest absolute Gasteiger partial charge is 0.389 e. The van der Waals surface area contributed by atoms with Gasteiger partial charge in [-0.1, -0.05) is 11.3 Å². The van der Waals surface area contributed by atoms with E-state index in [1.807, 2.05) is 11.8 Å². The molecule has 1 saturated heterocycles. The molecule has 0 spiro atoms. The predicted octanol–water partition coefficient (Wildman–Crippen LogP) is 1.34. The molecule has 10 heteroatoms. The molecule has 2 heterocycles. The highest BCUT2D eigenvalue weighted by Crippen LogP contribution is 2.41. The molecule has 0 bridgehead atoms. The second-order valence-corrected chi connectivity index (χ2v) is 10.1. The zero-order valence-corrected chi connectivity index (χ0v) is 15.9. The second-order valence-electron chi connectivity index (χ2n) is 6.88. The molecule has 136 valence electrons. The average Bonchev–Trinajstić information content (AvgIpc) is 2.81. The van der Waals surface area contributed by atoms with Crippen molar-refractivity contribution >= 4 is 31.9 Å². The molecule has 1 aliphatic heterocycles. The highest BCUT2D eigenvalue weighted by atomic mass is 32.2. The Kier molecular flexibility index (Phi) is 5.24. The number of anilines is 1. The van der Waals surface area contributed by atoms with E-state index >= 15 is 0 Å². The molecule has 0 saturated carbocycles. The van der Waals surface area contributed by atoms with Crippen LogP contribution in [0.3, 0.4) is 0 Å². The number of piperazine rings is 1. The van der Waals surface area contributed by atoms with Crippen LogP contribution >= 0.6 is 11.3 Å². The van der Waals surface area contributed by atoms with Crippen LogP contribution in [-0.2, 0) is 9.84 Å². The van der Waals surface area contributed by atoms with E-state index in [2.05, 4.69) is 4.90 Å². The fraction of sp³-hybridized carbons (Fsp3) is 0.714. The highest BCUT2D eigenvalue weighted by Gasteiger charge is 2.33. The quantitative estimate of drug-likeness (QED) is 0.610. The molecule has 1 atom stereocenters. The Morgan fingerprint density at radius 2 is 2.08 bits per heavy atom. The maximum absolute atomic E-state index is 11.7. The van der Waals surface area contributed by atoms with Crippen LogP contribution in [0.5, 0.6) is 0 Å². The summed E-state index contributed by atoms with van der Waals surface area (Å²) in [4.78, 5) is 14.8. The Morgan fingerprint density at radius 3 is 2.54 bits per heavy atom. The van der Waals surface area contributed by atoms with Gasteiger partial charge in [-0.2, -0.15) is 0 Å². The van der Waals surface area contributed by atoms with Gasteiger partial charge < -0.3 is 10.0 Å². The third kappa shape index (κ3) is 4.44. The van der Waals surface area contributed by atoms with Crippen LogP contribution < -0.4 is 4.90 Å². The van der Waals surface area contributed by atoms with Gasteiger partial charge in [0.05, 0.1) is 10.5 Å². The van der Waals surface area contributed by atoms with Crippen LogP contribution in [0, 0.1) is 10.1 Å². The van der Waals surface area contributed by atoms with Gasteiger partial charge in [-0.05, 0) is 20.8 Å². The van der Waals surface area contributed by atoms with E-state index in [4.69, 9.17) is 0 Å². The lowest BCUT2D eigenvalue weighted by Gasteiger charge is -2.41. The van der Waals surface area contributed by atoms with Gasteiger partial charge >= 0.3 is 5.69 Å². The van der Waals surface area contributed by atoms with Crippen LogP contribution in [0.2, 0.25) is 0 Å². The molecule has 1 fully saturated rings. The molecule has 8 nitrogen and oxygen atoms in total. The summed E-state index contributed by atoms with van der Waals surface area (Å²) in [5, 5.41) is 21.6. The van der Waals surface area contributed by atoms with Gasteiger partial charge in [0.2, 0.25) is 0 Å². The number of rotatable bonds is 5. The van der Waals surface area contributed by atoms with Crippen molar-refractivity contribution in [3.8, 4) is 0 Å². The topological polar surface area (TPSA) is 104 Å². The number of nitrogens with zero attached hydrogens (tertiary/aromatic N) is 3. The maximum Gasteiger partial charge on any atom is 0.305 e. The van der Waals surface area contributed by atoms with Crippen LogP contribution in [0.25, 0.3) is 0 Å². The van der Waals surface area contributed by atoms with Gasteiger partial charge in [-0.25, -0.2) is 8.42 Å². The van der Waals surface area contributed by atoms with E-state index in [-0.39, 0.29) is 15.9 Å². The number of aliphatic hydroxyl groups is 1. The zero-order valence-electron chi connectivity index (χ0n) is 14.2. The van der Waals surface area contributed by atoms with Crippen LogP contribution in [-0.4, -0.2) is 67.4 Å². The minimum absolute atomic E-state index is 0.00956. The molecule has 1 aliphatic rings. The number of β-amino-alcohol motifs (C(OH)–C–C–N with tert-alkyl or cyclic N) is 1. The first-order chi connectivity index (χ1) is 10.9. The van der Waals surface area contributed by atoms with E-state index in [1.165, 1.54) is 0 Å². The Balaban J connectivity index is 2.26. The number of sulfone groups is 1. The fourth-order valence-electron chi connectivity index (χ4n) is 2.90. The molecule has 0 aliphatic carbocycles. The molecule has 1 aromatic rings. The highest BCUT2D eigenvalue weighted by molar-refractivity contribution is 7.92. The minimum atomic E-state index is -3.49. The lowest BCUT2D eigenvalue weighted by atomic mass is 10.1. The summed E-state index contributed by atoms with van der Waals surface area (Å²) in [7, 11) is -3.49. The predicted molar refractivity (Wildman–Crippen MR) is 93.6 cm³/mol. The third-order valence-corrected chi connectivity index (χ3v) is 6.78. The SMILES string of the molecule is CC1CN(CC(C)(C)O)CCN1c1sc(S(C)(=O)=O)cc1[N+](=O)[O-]. The van der Waals surface area contributed by atoms with E-state index in [1.54, 1.807) is 13.8 Å². The summed E-state index contributed by atoms with van der Waals surface area (Å²) in [6.45, 7) is 7.79. The Labute approximate surface area is 145 Å². The summed E-state index contributed by atoms with van der Waals surface area (Å²) in [5.41, 5.74) is -0.969. The first-order valence-corrected chi connectivity index (χ1v) is 10.3. The monoisotopic (exact) mass is 377 g/mol. The van der Waals surface area contributed by atoms with Crippen molar-refractivity contribution in [1.29, 1.82) is 0 Å². The Hall–Kier alpha value is -1.23. The van der Waals surface area contributed by atoms with Crippen molar-refractivity contribution in [2.45, 2.75) is 36.6 Å². The summed E-state index contributed by atoms with van der Waals surface area (Å²) in [6, 6.07) is 1.12. The number of nitro groups is 1. The Morgan fingerprint density at radius 1 is 1.46 bits per heavy atom. The molecule has 2 rings (SSSR count). The fourth-order valence-corrected chi connectivity index (χ4v) is 5.05. The first-order valence-electron chi connectivity index (χ1n) is 7.58. The van der Waals surface area contributed by atoms with Crippen molar-refractivity contribution in [3.05, 3.63) is 16.2 Å². The molecule has 1 unspecified atom stereocenters. The van der Waals surface area contributed by atoms with Gasteiger partial charge in [0.1, 0.15) is 4.21 Å². The van der Waals surface area contributed by atoms with Crippen molar-refractivity contribution < 1.29 is 18.4 Å². The second kappa shape index (κ2) is 6.58. The summed E-state index contributed by atoms with van der Waals surface area (Å²) >= 11 is 0.948. The minimum Gasteiger partial charge on any atom is -0.389 e. The van der Waals surface area contributed by atoms with E-state index in [9.17, 15) is 23.6 Å². The average molecular weight is 377 g/mol. The lowest BCUT2D eigenvalue weighted by molar-refractivity contribution is -0.383. The van der Waals surface area contributed by atoms with Crippen molar-refractivity contribution in [1.82, 2.24) is 4.90 Å². The molecule has 0 amide bonds. The van der Waals surface area contributed by atoms with Gasteiger partial charge in [0.15, 0.2) is 14.8 Å². The van der Waals surface area contributed by atoms with E-state index in [0.717, 1.165) is 23.7 Å². The lowest BCUT2D eigenvalue weighted by Crippen LogP contribution is -2.54. The molecular formula is C14H23N3O5S2. The van der Waals surface area contributed by atoms with E-state index < -0.39 is 20.4 Å². The van der Waals surface area contributed by atoms with Gasteiger partial charge in [0, 0.05) is 44.5 Å². The van der Waals surface area contributed by atoms with Gasteiger partial charge in [-0.3, -0.25) is 15.0 Å². The zero-order chi connectivity index (χ0) is 18.3. The summed E-state index contributed by atoms with van der Waals surface area (Å²) in [5.74, 6) is 0. The number of thiophene rings is 1. The van der Waals surface area contributed by atoms with Crippen molar-refractivity contribution in [2.24, 2.45) is 0 Å². The molecule has 0 radical (unpaired) electrons. The van der Waals surface area contributed by atoms with Crippen LogP contribution in [0.4, 0.5) is 10.7 Å². The van der Waals surface area contributed by atoms with Gasteiger partial charge in [0.25, 0.3) is 0 Å². The van der Waals surface area contributed by atoms with Crippen molar-refractivity contribution in [2.75, 3.05) is 37.3 Å². The van der Waals surface area contributed by atoms with Crippen LogP contribution in [0.15, 0.2) is 10.3 Å². The molecular weight excluding hydrogens is 354 g/mol. The standard InChI is InChI=1S/C14H23N3O5S2/c1-10-8-15(9-14(2,3)18)5-6-16(10)13-11(17(19)20)7-12(23-13)24(4,21)22/h7,10,18H,5-6,8-9H2,1-4H3. The normalized spacial score (nSPS) is 20.4. The smallest absolute Gasteiger partial charge is 0.305 e. The van der Waals surface area contributed by atoms with Gasteiger partial charge in [-0.15, -0.1) is 0 Å². The molecule has 1 aromatic heterocycles. The van der Waals surface area contributed by atoms with Crippen molar-refractivity contribution in [3.63, 3.8) is 0 Å². The third-order valence-electron chi connectivity index (χ3n) is 3.82. The van der Waals surface area contributed by atoms with E-state index in [0.29, 0.717) is 31.2 Å². The Bertz CT molecular complexity index is 723. The summed E-state index contributed by atoms with van der Waals surface area (Å²) in [6.07, 6.45) is 1.05. The summed E-state index contributed by atoms with van der Waals surface area (Å²) < 4.78 is 23.5. The first kappa shape index (κ1) is 19.1. The molecule has 0 aromatic carbocycles. The molecule has 1 N–H and O–H groups in total. The number of hydrogen-bond acceptors (Lipinski definition) is 8.